The van der Waals surface area contributed by atoms with Crippen molar-refractivity contribution < 1.29 is 18.3 Å². The summed E-state index contributed by atoms with van der Waals surface area (Å²) in [5.74, 6) is -0.195. The van der Waals surface area contributed by atoms with Crippen molar-refractivity contribution in [3.05, 3.63) is 76.2 Å². The van der Waals surface area contributed by atoms with Crippen molar-refractivity contribution in [1.29, 1.82) is 0 Å². The molecule has 1 fully saturated rings. The van der Waals surface area contributed by atoms with E-state index in [0.29, 0.717) is 18.0 Å². The van der Waals surface area contributed by atoms with Crippen molar-refractivity contribution >= 4 is 22.9 Å². The first-order valence-electron chi connectivity index (χ1n) is 10.4. The second-order valence-electron chi connectivity index (χ2n) is 7.59. The molecular weight excluding hydrogens is 434 g/mol. The first-order valence-corrected chi connectivity index (χ1v) is 11.2. The highest BCUT2D eigenvalue weighted by Crippen LogP contribution is 2.17. The van der Waals surface area contributed by atoms with E-state index in [1.54, 1.807) is 35.6 Å². The Bertz CT molecular complexity index is 1040. The number of hydrogen-bond acceptors (Lipinski definition) is 6. The molecule has 0 radical (unpaired) electrons. The normalized spacial score (nSPS) is 14.9. The van der Waals surface area contributed by atoms with Crippen molar-refractivity contribution in [2.45, 2.75) is 13.2 Å². The molecule has 0 saturated carbocycles. The number of piperazine rings is 1. The smallest absolute Gasteiger partial charge is 0.238 e. The highest BCUT2D eigenvalue weighted by Gasteiger charge is 2.20. The van der Waals surface area contributed by atoms with Crippen LogP contribution in [0.25, 0.3) is 0 Å². The van der Waals surface area contributed by atoms with Gasteiger partial charge in [0.25, 0.3) is 0 Å². The molecular formula is C23H24F2N4O2S. The van der Waals surface area contributed by atoms with Crippen LogP contribution in [0.5, 0.6) is 5.75 Å². The molecule has 0 bridgehead atoms. The number of hydrogen-bond donors (Lipinski definition) is 1. The maximum Gasteiger partial charge on any atom is 0.238 e. The molecule has 0 aliphatic carbocycles. The van der Waals surface area contributed by atoms with Crippen LogP contribution in [0.1, 0.15) is 10.7 Å². The first kappa shape index (κ1) is 22.3. The fourth-order valence-corrected chi connectivity index (χ4v) is 4.16. The maximum absolute atomic E-state index is 13.2. The van der Waals surface area contributed by atoms with E-state index >= 15 is 0 Å². The topological polar surface area (TPSA) is 57.7 Å². The fraction of sp³-hybridized carbons (Fsp3) is 0.304. The van der Waals surface area contributed by atoms with Crippen molar-refractivity contribution in [3.8, 4) is 5.75 Å². The second kappa shape index (κ2) is 10.6. The predicted molar refractivity (Wildman–Crippen MR) is 120 cm³/mol. The van der Waals surface area contributed by atoms with E-state index in [0.717, 1.165) is 43.4 Å². The molecule has 4 rings (SSSR count). The van der Waals surface area contributed by atoms with Gasteiger partial charge in [0.05, 0.1) is 12.2 Å². The Morgan fingerprint density at radius 1 is 1.03 bits per heavy atom. The minimum Gasteiger partial charge on any atom is -0.486 e. The lowest BCUT2D eigenvalue weighted by molar-refractivity contribution is -0.117. The van der Waals surface area contributed by atoms with E-state index in [9.17, 15) is 13.6 Å². The Kier molecular flexibility index (Phi) is 7.41. The second-order valence-corrected chi connectivity index (χ2v) is 8.53. The molecule has 9 heteroatoms. The van der Waals surface area contributed by atoms with Crippen LogP contribution in [0.15, 0.2) is 53.9 Å². The lowest BCUT2D eigenvalue weighted by atomic mass is 10.3. The molecule has 1 aliphatic heterocycles. The monoisotopic (exact) mass is 458 g/mol. The molecule has 0 spiro atoms. The zero-order chi connectivity index (χ0) is 22.3. The minimum atomic E-state index is -0.372. The van der Waals surface area contributed by atoms with Crippen molar-refractivity contribution in [3.63, 3.8) is 0 Å². The summed E-state index contributed by atoms with van der Waals surface area (Å²) < 4.78 is 31.9. The Balaban J connectivity index is 1.18. The van der Waals surface area contributed by atoms with Crippen molar-refractivity contribution in [2.75, 3.05) is 38.0 Å². The van der Waals surface area contributed by atoms with Crippen LogP contribution in [-0.2, 0) is 17.9 Å². The van der Waals surface area contributed by atoms with Gasteiger partial charge in [0.15, 0.2) is 0 Å². The Labute approximate surface area is 189 Å². The van der Waals surface area contributed by atoms with Gasteiger partial charge in [0.2, 0.25) is 5.91 Å². The number of carbonyl (C=O) groups is 1. The van der Waals surface area contributed by atoms with Crippen LogP contribution in [0, 0.1) is 11.6 Å². The lowest BCUT2D eigenvalue weighted by Crippen LogP contribution is -2.48. The van der Waals surface area contributed by atoms with Crippen LogP contribution in [0.4, 0.5) is 14.5 Å². The average Bonchev–Trinajstić information content (AvgIpc) is 3.22. The number of thiazole rings is 1. The highest BCUT2D eigenvalue weighted by molar-refractivity contribution is 7.09. The SMILES string of the molecule is O=C(CN1CCN(Cc2csc(COc3ccc(F)cc3)n2)CC1)Nc1cccc(F)c1. The molecule has 6 nitrogen and oxygen atoms in total. The summed E-state index contributed by atoms with van der Waals surface area (Å²) in [5.41, 5.74) is 1.46. The van der Waals surface area contributed by atoms with E-state index in [2.05, 4.69) is 20.1 Å². The fourth-order valence-electron chi connectivity index (χ4n) is 3.47. The summed E-state index contributed by atoms with van der Waals surface area (Å²) in [7, 11) is 0. The Hall–Kier alpha value is -2.88. The third-order valence-corrected chi connectivity index (χ3v) is 5.97. The first-order chi connectivity index (χ1) is 15.5. The van der Waals surface area contributed by atoms with Gasteiger partial charge >= 0.3 is 0 Å². The molecule has 3 aromatic rings. The third-order valence-electron chi connectivity index (χ3n) is 5.10. The molecule has 0 unspecified atom stereocenters. The van der Waals surface area contributed by atoms with Crippen molar-refractivity contribution in [1.82, 2.24) is 14.8 Å². The third kappa shape index (κ3) is 6.56. The number of aromatic nitrogens is 1. The van der Waals surface area contributed by atoms with E-state index in [1.807, 2.05) is 5.38 Å². The molecule has 1 amide bonds. The van der Waals surface area contributed by atoms with Crippen molar-refractivity contribution in [2.24, 2.45) is 0 Å². The summed E-state index contributed by atoms with van der Waals surface area (Å²) in [6.45, 7) is 4.62. The summed E-state index contributed by atoms with van der Waals surface area (Å²) in [6.07, 6.45) is 0. The molecule has 1 N–H and O–H groups in total. The molecule has 1 aromatic heterocycles. The van der Waals surface area contributed by atoms with E-state index in [-0.39, 0.29) is 24.1 Å². The van der Waals surface area contributed by atoms with Crippen LogP contribution in [0.2, 0.25) is 0 Å². The van der Waals surface area contributed by atoms with Gasteiger partial charge in [-0.2, -0.15) is 0 Å². The number of nitrogens with one attached hydrogen (secondary N) is 1. The number of carbonyl (C=O) groups excluding carboxylic acids is 1. The summed E-state index contributed by atoms with van der Waals surface area (Å²) in [6, 6.07) is 11.8. The molecule has 168 valence electrons. The zero-order valence-corrected chi connectivity index (χ0v) is 18.3. The van der Waals surface area contributed by atoms with Gasteiger partial charge < -0.3 is 10.1 Å². The van der Waals surface area contributed by atoms with Crippen LogP contribution < -0.4 is 10.1 Å². The molecule has 1 saturated heterocycles. The standard InChI is InChI=1S/C23H24F2N4O2S/c24-17-4-6-21(7-5-17)31-15-23-27-20(16-32-23)13-28-8-10-29(11-9-28)14-22(30)26-19-3-1-2-18(25)12-19/h1-7,12,16H,8-11,13-15H2,(H,26,30). The maximum atomic E-state index is 13.2. The minimum absolute atomic E-state index is 0.144. The van der Waals surface area contributed by atoms with E-state index in [1.165, 1.54) is 24.3 Å². The van der Waals surface area contributed by atoms with Crippen LogP contribution in [-0.4, -0.2) is 53.4 Å². The summed E-state index contributed by atoms with van der Waals surface area (Å²) in [5, 5.41) is 5.64. The van der Waals surface area contributed by atoms with Gasteiger partial charge in [-0.25, -0.2) is 13.8 Å². The van der Waals surface area contributed by atoms with Gasteiger partial charge in [-0.15, -0.1) is 11.3 Å². The highest BCUT2D eigenvalue weighted by atomic mass is 32.1. The van der Waals surface area contributed by atoms with Gasteiger partial charge in [-0.1, -0.05) is 6.07 Å². The molecule has 2 heterocycles. The van der Waals surface area contributed by atoms with Crippen LogP contribution in [0.3, 0.4) is 0 Å². The van der Waals surface area contributed by atoms with Gasteiger partial charge in [-0.05, 0) is 42.5 Å². The Morgan fingerprint density at radius 3 is 2.53 bits per heavy atom. The quantitative estimate of drug-likeness (QED) is 0.557. The lowest BCUT2D eigenvalue weighted by Gasteiger charge is -2.33. The van der Waals surface area contributed by atoms with Gasteiger partial charge in [0.1, 0.15) is 29.0 Å². The number of anilines is 1. The number of ether oxygens (including phenoxy) is 1. The van der Waals surface area contributed by atoms with Gasteiger partial charge in [-0.3, -0.25) is 14.6 Å². The molecule has 1 aliphatic rings. The number of benzene rings is 2. The molecule has 2 aromatic carbocycles. The van der Waals surface area contributed by atoms with Gasteiger partial charge in [0, 0.05) is 43.8 Å². The zero-order valence-electron chi connectivity index (χ0n) is 17.5. The predicted octanol–water partition coefficient (Wildman–Crippen LogP) is 3.76. The number of rotatable bonds is 8. The summed E-state index contributed by atoms with van der Waals surface area (Å²) >= 11 is 1.54. The summed E-state index contributed by atoms with van der Waals surface area (Å²) in [4.78, 5) is 21.2. The largest absolute Gasteiger partial charge is 0.486 e. The Morgan fingerprint density at radius 2 is 1.78 bits per heavy atom. The number of nitrogens with zero attached hydrogens (tertiary/aromatic N) is 3. The molecule has 32 heavy (non-hydrogen) atoms. The number of halogens is 2. The number of amides is 1. The molecule has 0 atom stereocenters. The van der Waals surface area contributed by atoms with Crippen LogP contribution >= 0.6 is 11.3 Å². The van der Waals surface area contributed by atoms with E-state index in [4.69, 9.17) is 4.74 Å². The average molecular weight is 459 g/mol. The van der Waals surface area contributed by atoms with E-state index < -0.39 is 0 Å².